The van der Waals surface area contributed by atoms with E-state index in [0.29, 0.717) is 37.4 Å². The van der Waals surface area contributed by atoms with E-state index in [1.54, 1.807) is 12.1 Å². The van der Waals surface area contributed by atoms with Gasteiger partial charge in [-0.05, 0) is 44.5 Å². The second-order valence-corrected chi connectivity index (χ2v) is 6.58. The highest BCUT2D eigenvalue weighted by Gasteiger charge is 2.29. The van der Waals surface area contributed by atoms with E-state index in [-0.39, 0.29) is 23.4 Å². The molecule has 5 nitrogen and oxygen atoms in total. The number of ketones is 1. The van der Waals surface area contributed by atoms with Crippen LogP contribution in [0.15, 0.2) is 18.2 Å². The first-order valence-corrected chi connectivity index (χ1v) is 8.61. The van der Waals surface area contributed by atoms with E-state index in [1.165, 1.54) is 13.0 Å². The summed E-state index contributed by atoms with van der Waals surface area (Å²) in [7, 11) is 0. The summed E-state index contributed by atoms with van der Waals surface area (Å²) < 4.78 is 14.3. The number of piperazine rings is 1. The van der Waals surface area contributed by atoms with Gasteiger partial charge >= 0.3 is 0 Å². The molecule has 1 amide bonds. The van der Waals surface area contributed by atoms with Crippen LogP contribution in [0.4, 0.5) is 10.1 Å². The summed E-state index contributed by atoms with van der Waals surface area (Å²) >= 11 is 0. The van der Waals surface area contributed by atoms with Crippen LogP contribution in [0.5, 0.6) is 0 Å². The fourth-order valence-electron chi connectivity index (χ4n) is 3.47. The number of carbonyl (C=O) groups is 2. The normalized spacial score (nSPS) is 21.7. The number of anilines is 1. The molecule has 1 aromatic rings. The van der Waals surface area contributed by atoms with Crippen LogP contribution in [0, 0.1) is 11.7 Å². The molecule has 2 fully saturated rings. The molecule has 0 aromatic heterocycles. The number of benzene rings is 1. The van der Waals surface area contributed by atoms with Gasteiger partial charge in [0.15, 0.2) is 5.78 Å². The Morgan fingerprint density at radius 1 is 1.21 bits per heavy atom. The molecule has 0 radical (unpaired) electrons. The topological polar surface area (TPSA) is 52.7 Å². The predicted octanol–water partition coefficient (Wildman–Crippen LogP) is 1.68. The standard InChI is InChI=1S/C18H24FN3O2/c1-13(23)14-4-5-17(16(19)11-14)21-7-9-22(10-8-21)18(24)15-3-2-6-20-12-15/h4-5,11,15,20H,2-3,6-10,12H2,1H3. The summed E-state index contributed by atoms with van der Waals surface area (Å²) in [6, 6.07) is 4.61. The van der Waals surface area contributed by atoms with Crippen LogP contribution in [-0.4, -0.2) is 55.9 Å². The molecule has 2 heterocycles. The molecule has 6 heteroatoms. The molecule has 1 aromatic carbocycles. The summed E-state index contributed by atoms with van der Waals surface area (Å²) in [5.74, 6) is -0.220. The Hall–Kier alpha value is -1.95. The lowest BCUT2D eigenvalue weighted by Gasteiger charge is -2.38. The lowest BCUT2D eigenvalue weighted by atomic mass is 9.98. The van der Waals surface area contributed by atoms with Crippen molar-refractivity contribution < 1.29 is 14.0 Å². The number of hydrogen-bond donors (Lipinski definition) is 1. The molecule has 1 unspecified atom stereocenters. The summed E-state index contributed by atoms with van der Waals surface area (Å²) in [5, 5.41) is 3.28. The summed E-state index contributed by atoms with van der Waals surface area (Å²) in [4.78, 5) is 27.7. The van der Waals surface area contributed by atoms with Gasteiger partial charge in [0.25, 0.3) is 0 Å². The van der Waals surface area contributed by atoms with Gasteiger partial charge < -0.3 is 15.1 Å². The van der Waals surface area contributed by atoms with E-state index in [2.05, 4.69) is 5.32 Å². The molecule has 0 aliphatic carbocycles. The molecule has 1 N–H and O–H groups in total. The molecule has 3 rings (SSSR count). The number of hydrogen-bond acceptors (Lipinski definition) is 4. The van der Waals surface area contributed by atoms with Crippen LogP contribution < -0.4 is 10.2 Å². The average Bonchev–Trinajstić information content (AvgIpc) is 2.62. The van der Waals surface area contributed by atoms with Gasteiger partial charge in [0.05, 0.1) is 11.6 Å². The maximum atomic E-state index is 14.3. The molecule has 0 spiro atoms. The Balaban J connectivity index is 1.60. The van der Waals surface area contributed by atoms with Gasteiger partial charge in [-0.1, -0.05) is 0 Å². The zero-order valence-corrected chi connectivity index (χ0v) is 14.1. The summed E-state index contributed by atoms with van der Waals surface area (Å²) in [6.45, 7) is 5.64. The van der Waals surface area contributed by atoms with E-state index in [1.807, 2.05) is 9.80 Å². The number of Topliss-reactive ketones (excluding diaryl/α,β-unsaturated/α-hetero) is 1. The van der Waals surface area contributed by atoms with Crippen molar-refractivity contribution >= 4 is 17.4 Å². The van der Waals surface area contributed by atoms with Crippen LogP contribution in [0.2, 0.25) is 0 Å². The minimum atomic E-state index is -0.376. The highest BCUT2D eigenvalue weighted by molar-refractivity contribution is 5.94. The average molecular weight is 333 g/mol. The number of carbonyl (C=O) groups excluding carboxylic acids is 2. The molecule has 2 aliphatic heterocycles. The number of halogens is 1. The molecule has 130 valence electrons. The van der Waals surface area contributed by atoms with Crippen molar-refractivity contribution in [3.63, 3.8) is 0 Å². The molecule has 1 atom stereocenters. The SMILES string of the molecule is CC(=O)c1ccc(N2CCN(C(=O)C3CCCNC3)CC2)c(F)c1. The fourth-order valence-corrected chi connectivity index (χ4v) is 3.47. The third-order valence-electron chi connectivity index (χ3n) is 4.93. The first-order chi connectivity index (χ1) is 11.6. The zero-order chi connectivity index (χ0) is 17.1. The van der Waals surface area contributed by atoms with E-state index >= 15 is 0 Å². The molecule has 2 saturated heterocycles. The molecule has 24 heavy (non-hydrogen) atoms. The van der Waals surface area contributed by atoms with Crippen molar-refractivity contribution in [1.82, 2.24) is 10.2 Å². The van der Waals surface area contributed by atoms with E-state index in [9.17, 15) is 14.0 Å². The monoisotopic (exact) mass is 333 g/mol. The van der Waals surface area contributed by atoms with Gasteiger partial charge in [-0.2, -0.15) is 0 Å². The molecular weight excluding hydrogens is 309 g/mol. The quantitative estimate of drug-likeness (QED) is 0.855. The maximum absolute atomic E-state index is 14.3. The maximum Gasteiger partial charge on any atom is 0.227 e. The predicted molar refractivity (Wildman–Crippen MR) is 90.8 cm³/mol. The first kappa shape index (κ1) is 16.9. The van der Waals surface area contributed by atoms with Crippen LogP contribution >= 0.6 is 0 Å². The van der Waals surface area contributed by atoms with Gasteiger partial charge in [-0.15, -0.1) is 0 Å². The third-order valence-corrected chi connectivity index (χ3v) is 4.93. The van der Waals surface area contributed by atoms with Gasteiger partial charge in [0.2, 0.25) is 5.91 Å². The van der Waals surface area contributed by atoms with Gasteiger partial charge in [-0.25, -0.2) is 4.39 Å². The number of nitrogens with zero attached hydrogens (tertiary/aromatic N) is 2. The second kappa shape index (κ2) is 7.30. The van der Waals surface area contributed by atoms with E-state index in [0.717, 1.165) is 25.9 Å². The summed E-state index contributed by atoms with van der Waals surface area (Å²) in [5.41, 5.74) is 0.890. The van der Waals surface area contributed by atoms with Crippen molar-refractivity contribution in [2.75, 3.05) is 44.2 Å². The van der Waals surface area contributed by atoms with E-state index < -0.39 is 0 Å². The second-order valence-electron chi connectivity index (χ2n) is 6.58. The van der Waals surface area contributed by atoms with Crippen LogP contribution in [0.25, 0.3) is 0 Å². The van der Waals surface area contributed by atoms with Gasteiger partial charge in [0, 0.05) is 38.3 Å². The minimum absolute atomic E-state index is 0.0805. The largest absolute Gasteiger partial charge is 0.366 e. The Labute approximate surface area is 141 Å². The molecule has 2 aliphatic rings. The highest BCUT2D eigenvalue weighted by Crippen LogP contribution is 2.23. The van der Waals surface area contributed by atoms with Crippen LogP contribution in [0.1, 0.15) is 30.1 Å². The van der Waals surface area contributed by atoms with Gasteiger partial charge in [0.1, 0.15) is 5.82 Å². The van der Waals surface area contributed by atoms with Crippen molar-refractivity contribution in [2.24, 2.45) is 5.92 Å². The Morgan fingerprint density at radius 2 is 1.96 bits per heavy atom. The summed E-state index contributed by atoms with van der Waals surface area (Å²) in [6.07, 6.45) is 2.00. The zero-order valence-electron chi connectivity index (χ0n) is 14.1. The lowest BCUT2D eigenvalue weighted by molar-refractivity contribution is -0.136. The number of rotatable bonds is 3. The number of nitrogens with one attached hydrogen (secondary N) is 1. The van der Waals surface area contributed by atoms with Crippen molar-refractivity contribution in [2.45, 2.75) is 19.8 Å². The molecular formula is C18H24FN3O2. The van der Waals surface area contributed by atoms with Crippen molar-refractivity contribution in [3.8, 4) is 0 Å². The Kier molecular flexibility index (Phi) is 5.14. The van der Waals surface area contributed by atoms with Gasteiger partial charge in [-0.3, -0.25) is 9.59 Å². The first-order valence-electron chi connectivity index (χ1n) is 8.61. The van der Waals surface area contributed by atoms with Crippen molar-refractivity contribution in [3.05, 3.63) is 29.6 Å². The molecule has 0 bridgehead atoms. The highest BCUT2D eigenvalue weighted by atomic mass is 19.1. The fraction of sp³-hybridized carbons (Fsp3) is 0.556. The molecule has 0 saturated carbocycles. The Morgan fingerprint density at radius 3 is 2.54 bits per heavy atom. The van der Waals surface area contributed by atoms with Crippen molar-refractivity contribution in [1.29, 1.82) is 0 Å². The van der Waals surface area contributed by atoms with Crippen LogP contribution in [-0.2, 0) is 4.79 Å². The van der Waals surface area contributed by atoms with E-state index in [4.69, 9.17) is 0 Å². The number of piperidine rings is 1. The van der Waals surface area contributed by atoms with Crippen LogP contribution in [0.3, 0.4) is 0 Å². The number of amides is 1. The minimum Gasteiger partial charge on any atom is -0.366 e. The Bertz CT molecular complexity index is 621. The smallest absolute Gasteiger partial charge is 0.227 e. The third kappa shape index (κ3) is 3.59. The lowest BCUT2D eigenvalue weighted by Crippen LogP contribution is -2.52.